The van der Waals surface area contributed by atoms with E-state index in [-0.39, 0.29) is 0 Å². The van der Waals surface area contributed by atoms with Crippen LogP contribution in [0.1, 0.15) is 67.2 Å². The molecule has 1 rings (SSSR count). The molecule has 0 aromatic carbocycles. The van der Waals surface area contributed by atoms with Gasteiger partial charge in [0, 0.05) is 11.6 Å². The Morgan fingerprint density at radius 1 is 1.06 bits per heavy atom. The molecule has 100 valence electrons. The first-order valence-corrected chi connectivity index (χ1v) is 7.14. The average Bonchev–Trinajstić information content (AvgIpc) is 2.90. The molecule has 17 heavy (non-hydrogen) atoms. The molecule has 0 aromatic rings. The average molecular weight is 237 g/mol. The quantitative estimate of drug-likeness (QED) is 0.498. The molecule has 1 saturated carbocycles. The van der Waals surface area contributed by atoms with Crippen LogP contribution in [-0.2, 0) is 0 Å². The monoisotopic (exact) mass is 237 g/mol. The molecule has 0 aliphatic heterocycles. The largest absolute Gasteiger partial charge is 0.296 e. The van der Waals surface area contributed by atoms with Crippen LogP contribution in [0.15, 0.2) is 12.2 Å². The van der Waals surface area contributed by atoms with Crippen LogP contribution < -0.4 is 0 Å². The highest BCUT2D eigenvalue weighted by Crippen LogP contribution is 2.32. The Kier molecular flexibility index (Phi) is 4.83. The summed E-state index contributed by atoms with van der Waals surface area (Å²) in [6.07, 6.45) is 10.0. The van der Waals surface area contributed by atoms with E-state index in [1.54, 1.807) is 0 Å². The van der Waals surface area contributed by atoms with Crippen molar-refractivity contribution in [2.75, 3.05) is 6.54 Å². The van der Waals surface area contributed by atoms with Crippen LogP contribution in [0.25, 0.3) is 0 Å². The van der Waals surface area contributed by atoms with Gasteiger partial charge in [-0.15, -0.1) is 0 Å². The van der Waals surface area contributed by atoms with Crippen molar-refractivity contribution in [1.29, 1.82) is 0 Å². The lowest BCUT2D eigenvalue weighted by Crippen LogP contribution is -2.43. The highest BCUT2D eigenvalue weighted by molar-refractivity contribution is 4.94. The lowest BCUT2D eigenvalue weighted by molar-refractivity contribution is 0.125. The highest BCUT2D eigenvalue weighted by atomic mass is 15.2. The van der Waals surface area contributed by atoms with Crippen molar-refractivity contribution in [3.8, 4) is 0 Å². The zero-order valence-corrected chi connectivity index (χ0v) is 12.7. The first-order valence-electron chi connectivity index (χ1n) is 7.14. The molecule has 0 heterocycles. The molecule has 1 nitrogen and oxygen atoms in total. The van der Waals surface area contributed by atoms with Crippen LogP contribution in [0, 0.1) is 5.41 Å². The van der Waals surface area contributed by atoms with Gasteiger partial charge >= 0.3 is 0 Å². The summed E-state index contributed by atoms with van der Waals surface area (Å²) in [6.45, 7) is 15.1. The molecule has 0 bridgehead atoms. The van der Waals surface area contributed by atoms with E-state index in [4.69, 9.17) is 0 Å². The van der Waals surface area contributed by atoms with Crippen molar-refractivity contribution >= 4 is 0 Å². The van der Waals surface area contributed by atoms with Gasteiger partial charge in [-0.05, 0) is 58.4 Å². The second-order valence-corrected chi connectivity index (χ2v) is 7.51. The Hall–Kier alpha value is -0.300. The van der Waals surface area contributed by atoms with Crippen molar-refractivity contribution in [2.45, 2.75) is 78.8 Å². The molecule has 0 saturated heterocycles. The molecule has 0 radical (unpaired) electrons. The topological polar surface area (TPSA) is 3.24 Å². The van der Waals surface area contributed by atoms with Crippen LogP contribution in [0.3, 0.4) is 0 Å². The van der Waals surface area contributed by atoms with Crippen LogP contribution >= 0.6 is 0 Å². The SMILES string of the molecule is CC(C)(C)/C=C\CCCN(C1CC1)C(C)(C)C. The molecule has 1 fully saturated rings. The van der Waals surface area contributed by atoms with Gasteiger partial charge in [-0.3, -0.25) is 4.90 Å². The number of rotatable bonds is 5. The summed E-state index contributed by atoms with van der Waals surface area (Å²) in [7, 11) is 0. The number of unbranched alkanes of at least 4 members (excludes halogenated alkanes) is 1. The van der Waals surface area contributed by atoms with E-state index in [1.165, 1.54) is 32.2 Å². The van der Waals surface area contributed by atoms with Crippen LogP contribution in [-0.4, -0.2) is 23.0 Å². The predicted octanol–water partition coefficient (Wildman–Crippen LogP) is 4.63. The lowest BCUT2D eigenvalue weighted by Gasteiger charge is -2.35. The Labute approximate surface area is 108 Å². The normalized spacial score (nSPS) is 18.3. The van der Waals surface area contributed by atoms with Gasteiger partial charge in [-0.25, -0.2) is 0 Å². The minimum Gasteiger partial charge on any atom is -0.296 e. The van der Waals surface area contributed by atoms with E-state index in [0.717, 1.165) is 6.04 Å². The predicted molar refractivity (Wildman–Crippen MR) is 77.3 cm³/mol. The van der Waals surface area contributed by atoms with Crippen molar-refractivity contribution < 1.29 is 0 Å². The van der Waals surface area contributed by atoms with Crippen molar-refractivity contribution in [2.24, 2.45) is 5.41 Å². The zero-order valence-electron chi connectivity index (χ0n) is 12.7. The molecule has 0 atom stereocenters. The van der Waals surface area contributed by atoms with Gasteiger partial charge in [-0.1, -0.05) is 32.9 Å². The Bertz CT molecular complexity index is 248. The fourth-order valence-electron chi connectivity index (χ4n) is 2.27. The van der Waals surface area contributed by atoms with Crippen LogP contribution in [0.2, 0.25) is 0 Å². The Morgan fingerprint density at radius 3 is 2.06 bits per heavy atom. The standard InChI is InChI=1S/C16H31N/c1-15(2,3)12-8-7-9-13-17(14-10-11-14)16(4,5)6/h8,12,14H,7,9-11,13H2,1-6H3/b12-8-. The number of hydrogen-bond donors (Lipinski definition) is 0. The maximum atomic E-state index is 2.69. The lowest BCUT2D eigenvalue weighted by atomic mass is 9.96. The summed E-state index contributed by atoms with van der Waals surface area (Å²) in [5.74, 6) is 0. The van der Waals surface area contributed by atoms with Crippen molar-refractivity contribution in [3.05, 3.63) is 12.2 Å². The third-order valence-electron chi connectivity index (χ3n) is 3.24. The first kappa shape index (κ1) is 14.8. The first-order chi connectivity index (χ1) is 7.70. The summed E-state index contributed by atoms with van der Waals surface area (Å²) >= 11 is 0. The maximum Gasteiger partial charge on any atom is 0.0127 e. The third kappa shape index (κ3) is 6.26. The van der Waals surface area contributed by atoms with Gasteiger partial charge in [0.15, 0.2) is 0 Å². The smallest absolute Gasteiger partial charge is 0.0127 e. The molecular weight excluding hydrogens is 206 g/mol. The third-order valence-corrected chi connectivity index (χ3v) is 3.24. The van der Waals surface area contributed by atoms with E-state index in [2.05, 4.69) is 58.6 Å². The molecule has 0 amide bonds. The van der Waals surface area contributed by atoms with Gasteiger partial charge < -0.3 is 0 Å². The number of nitrogens with zero attached hydrogens (tertiary/aromatic N) is 1. The van der Waals surface area contributed by atoms with E-state index >= 15 is 0 Å². The molecule has 1 aliphatic rings. The highest BCUT2D eigenvalue weighted by Gasteiger charge is 2.35. The molecule has 0 unspecified atom stereocenters. The molecule has 0 aromatic heterocycles. The number of hydrogen-bond acceptors (Lipinski definition) is 1. The minimum absolute atomic E-state index is 0.334. The van der Waals surface area contributed by atoms with E-state index < -0.39 is 0 Å². The molecule has 0 spiro atoms. The van der Waals surface area contributed by atoms with Gasteiger partial charge in [0.2, 0.25) is 0 Å². The summed E-state index contributed by atoms with van der Waals surface area (Å²) in [4.78, 5) is 2.69. The fraction of sp³-hybridized carbons (Fsp3) is 0.875. The summed E-state index contributed by atoms with van der Waals surface area (Å²) in [6, 6.07) is 0.876. The summed E-state index contributed by atoms with van der Waals surface area (Å²) in [5, 5.41) is 0. The van der Waals surface area contributed by atoms with E-state index in [9.17, 15) is 0 Å². The van der Waals surface area contributed by atoms with E-state index in [0.29, 0.717) is 11.0 Å². The molecule has 1 aliphatic carbocycles. The Morgan fingerprint density at radius 2 is 1.65 bits per heavy atom. The van der Waals surface area contributed by atoms with E-state index in [1.807, 2.05) is 0 Å². The fourth-order valence-corrected chi connectivity index (χ4v) is 2.27. The van der Waals surface area contributed by atoms with Crippen molar-refractivity contribution in [3.63, 3.8) is 0 Å². The second kappa shape index (κ2) is 5.56. The Balaban J connectivity index is 2.27. The van der Waals surface area contributed by atoms with Crippen LogP contribution in [0.5, 0.6) is 0 Å². The van der Waals surface area contributed by atoms with Gasteiger partial charge in [-0.2, -0.15) is 0 Å². The second-order valence-electron chi connectivity index (χ2n) is 7.51. The van der Waals surface area contributed by atoms with Crippen LogP contribution in [0.4, 0.5) is 0 Å². The minimum atomic E-state index is 0.334. The zero-order chi connectivity index (χ0) is 13.1. The summed E-state index contributed by atoms with van der Waals surface area (Å²) in [5.41, 5.74) is 0.676. The summed E-state index contributed by atoms with van der Waals surface area (Å²) < 4.78 is 0. The molecule has 1 heteroatoms. The maximum absolute atomic E-state index is 2.69. The van der Waals surface area contributed by atoms with Crippen molar-refractivity contribution in [1.82, 2.24) is 4.90 Å². The van der Waals surface area contributed by atoms with Gasteiger partial charge in [0.1, 0.15) is 0 Å². The number of allylic oxidation sites excluding steroid dienone is 2. The van der Waals surface area contributed by atoms with Gasteiger partial charge in [0.25, 0.3) is 0 Å². The van der Waals surface area contributed by atoms with Gasteiger partial charge in [0.05, 0.1) is 0 Å². The molecular formula is C16H31N. The molecule has 0 N–H and O–H groups in total.